The van der Waals surface area contributed by atoms with Gasteiger partial charge in [-0.2, -0.15) is 15.1 Å². The van der Waals surface area contributed by atoms with Gasteiger partial charge in [0.1, 0.15) is 24.1 Å². The van der Waals surface area contributed by atoms with Crippen LogP contribution in [0.25, 0.3) is 11.0 Å². The number of rotatable bonds is 9. The molecule has 0 radical (unpaired) electrons. The van der Waals surface area contributed by atoms with E-state index in [1.54, 1.807) is 0 Å². The molecule has 7 N–H and O–H groups in total. The lowest BCUT2D eigenvalue weighted by Gasteiger charge is -2.29. The predicted molar refractivity (Wildman–Crippen MR) is 118 cm³/mol. The first-order chi connectivity index (χ1) is 16.5. The van der Waals surface area contributed by atoms with Crippen LogP contribution in [0, 0.1) is 0 Å². The average molecular weight is 538 g/mol. The van der Waals surface area contributed by atoms with Crippen molar-refractivity contribution in [3.05, 3.63) is 11.5 Å². The van der Waals surface area contributed by atoms with Crippen molar-refractivity contribution in [2.75, 3.05) is 18.5 Å². The summed E-state index contributed by atoms with van der Waals surface area (Å²) in [6.07, 6.45) is -0.474. The molecule has 1 unspecified atom stereocenters. The van der Waals surface area contributed by atoms with E-state index in [1.807, 2.05) is 0 Å². The molecule has 1 aliphatic carbocycles. The number of carboxylic acid groups (broad SMARTS) is 1. The molecule has 0 aromatic carbocycles. The van der Waals surface area contributed by atoms with Crippen LogP contribution >= 0.6 is 19.2 Å². The van der Waals surface area contributed by atoms with Crippen molar-refractivity contribution in [2.45, 2.75) is 61.6 Å². The molecule has 5 atom stereocenters. The molecule has 15 nitrogen and oxygen atoms in total. The number of nitrogens with one attached hydrogen (secondary N) is 1. The molecule has 35 heavy (non-hydrogen) atoms. The zero-order chi connectivity index (χ0) is 25.5. The Balaban J connectivity index is 1.57. The number of carbonyl (C=O) groups is 1. The highest BCUT2D eigenvalue weighted by molar-refractivity contribution is 7.54. The number of nitrogens with zero attached hydrogens (tertiary/aromatic N) is 4. The fraction of sp³-hybridized carbons (Fsp3) is 0.667. The van der Waals surface area contributed by atoms with E-state index in [0.29, 0.717) is 11.2 Å². The molecule has 0 amide bonds. The maximum absolute atomic E-state index is 11.7. The van der Waals surface area contributed by atoms with Gasteiger partial charge in [-0.05, 0) is 24.4 Å². The van der Waals surface area contributed by atoms with Gasteiger partial charge in [0.25, 0.3) is 5.34 Å². The summed E-state index contributed by atoms with van der Waals surface area (Å²) in [4.78, 5) is 38.7. The monoisotopic (exact) mass is 537 g/mol. The van der Waals surface area contributed by atoms with Crippen molar-refractivity contribution >= 4 is 42.0 Å². The molecule has 1 aliphatic heterocycles. The van der Waals surface area contributed by atoms with Crippen LogP contribution in [-0.4, -0.2) is 98.8 Å². The molecule has 1 saturated carbocycles. The van der Waals surface area contributed by atoms with Gasteiger partial charge in [-0.3, -0.25) is 4.57 Å². The smallest absolute Gasteiger partial charge is 0.371 e. The highest BCUT2D eigenvalue weighted by Gasteiger charge is 2.57. The summed E-state index contributed by atoms with van der Waals surface area (Å²) >= 11 is 6.10. The van der Waals surface area contributed by atoms with Crippen LogP contribution in [-0.2, 0) is 18.8 Å². The number of carboxylic acids is 1. The zero-order valence-electron chi connectivity index (χ0n) is 18.1. The number of aliphatic hydroxyl groups is 3. The molecule has 0 bridgehead atoms. The van der Waals surface area contributed by atoms with Gasteiger partial charge in [0.05, 0.1) is 24.8 Å². The normalized spacial score (nSPS) is 27.4. The lowest BCUT2D eigenvalue weighted by Crippen LogP contribution is -2.47. The van der Waals surface area contributed by atoms with E-state index in [-0.39, 0.29) is 17.0 Å². The van der Waals surface area contributed by atoms with Gasteiger partial charge in [-0.25, -0.2) is 9.48 Å². The number of aliphatic carboxylic acids is 1. The van der Waals surface area contributed by atoms with Gasteiger partial charge in [0.2, 0.25) is 5.28 Å². The Bertz CT molecular complexity index is 1140. The summed E-state index contributed by atoms with van der Waals surface area (Å²) in [5.41, 5.74) is 0.189. The highest BCUT2D eigenvalue weighted by atomic mass is 35.5. The molecule has 194 valence electrons. The van der Waals surface area contributed by atoms with Crippen molar-refractivity contribution in [1.82, 2.24) is 19.7 Å². The van der Waals surface area contributed by atoms with Crippen molar-refractivity contribution in [3.63, 3.8) is 0 Å². The molecule has 3 heterocycles. The summed E-state index contributed by atoms with van der Waals surface area (Å²) in [7, 11) is -5.50. The molecule has 17 heteroatoms. The molecule has 1 saturated heterocycles. The molecule has 2 aromatic rings. The van der Waals surface area contributed by atoms with E-state index in [2.05, 4.69) is 20.4 Å². The predicted octanol–water partition coefficient (Wildman–Crippen LogP) is -0.579. The van der Waals surface area contributed by atoms with Crippen molar-refractivity contribution < 1.29 is 49.0 Å². The van der Waals surface area contributed by atoms with Gasteiger partial charge in [0, 0.05) is 6.04 Å². The molecule has 0 spiro atoms. The Morgan fingerprint density at radius 1 is 1.29 bits per heavy atom. The Morgan fingerprint density at radius 2 is 1.97 bits per heavy atom. The summed E-state index contributed by atoms with van der Waals surface area (Å²) in [6, 6.07) is 0.208. The molecular formula is C18H25ClN5O10P. The number of aliphatic hydroxyl groups excluding tert-OH is 3. The van der Waals surface area contributed by atoms with Crippen LogP contribution in [0.5, 0.6) is 0 Å². The van der Waals surface area contributed by atoms with Gasteiger partial charge in [-0.15, -0.1) is 0 Å². The first kappa shape index (κ1) is 26.1. The van der Waals surface area contributed by atoms with Crippen molar-refractivity contribution in [1.29, 1.82) is 0 Å². The summed E-state index contributed by atoms with van der Waals surface area (Å²) in [5.74, 6) is -1.66. The lowest BCUT2D eigenvalue weighted by atomic mass is 10.1. The van der Waals surface area contributed by atoms with Gasteiger partial charge in [0.15, 0.2) is 11.9 Å². The third-order valence-electron chi connectivity index (χ3n) is 6.21. The zero-order valence-corrected chi connectivity index (χ0v) is 19.8. The molecular weight excluding hydrogens is 513 g/mol. The number of hydrogen-bond donors (Lipinski definition) is 7. The van der Waals surface area contributed by atoms with Crippen LogP contribution in [0.15, 0.2) is 6.20 Å². The second-order valence-corrected chi connectivity index (χ2v) is 10.6. The summed E-state index contributed by atoms with van der Waals surface area (Å²) < 4.78 is 23.3. The fourth-order valence-electron chi connectivity index (χ4n) is 4.22. The number of fused-ring (bicyclic) bond motifs is 1. The van der Waals surface area contributed by atoms with Gasteiger partial charge >= 0.3 is 13.6 Å². The Kier molecular flexibility index (Phi) is 7.35. The number of aromatic nitrogens is 4. The van der Waals surface area contributed by atoms with E-state index < -0.39 is 56.7 Å². The van der Waals surface area contributed by atoms with Crippen LogP contribution in [0.1, 0.15) is 31.9 Å². The van der Waals surface area contributed by atoms with E-state index in [4.69, 9.17) is 21.1 Å². The average Bonchev–Trinajstić information content (AvgIpc) is 3.49. The third-order valence-corrected chi connectivity index (χ3v) is 7.78. The fourth-order valence-corrected chi connectivity index (χ4v) is 5.06. The number of anilines is 1. The third kappa shape index (κ3) is 4.75. The second-order valence-electron chi connectivity index (χ2n) is 8.44. The first-order valence-electron chi connectivity index (χ1n) is 10.7. The summed E-state index contributed by atoms with van der Waals surface area (Å²) in [6.45, 7) is -2.42. The standard InChI is InChI=1S/C18H25ClN5O10P/c19-17-22-13(21-8-3-1-2-4-8)9-5-20-24(14(9)23-17)15-12(27)11(26)10(34-15)6-33-18(7-25,16(28)29)35(30,31)32/h5,8,10-12,15,25-27H,1-4,6-7H2,(H,28,29)(H,21,22,23)(H2,30,31,32)/t10-,11-,12-,15-,18?/m1/s1. The maximum Gasteiger partial charge on any atom is 0.371 e. The Hall–Kier alpha value is -1.94. The molecule has 2 fully saturated rings. The molecule has 4 rings (SSSR count). The van der Waals surface area contributed by atoms with E-state index >= 15 is 0 Å². The quantitative estimate of drug-likeness (QED) is 0.157. The first-order valence-corrected chi connectivity index (χ1v) is 12.7. The van der Waals surface area contributed by atoms with E-state index in [1.165, 1.54) is 6.20 Å². The van der Waals surface area contributed by atoms with E-state index in [0.717, 1.165) is 30.4 Å². The summed E-state index contributed by atoms with van der Waals surface area (Å²) in [5, 5.41) is 44.2. The van der Waals surface area contributed by atoms with Gasteiger partial charge < -0.3 is 45.0 Å². The maximum atomic E-state index is 11.7. The second kappa shape index (κ2) is 9.84. The van der Waals surface area contributed by atoms with Crippen molar-refractivity contribution in [2.24, 2.45) is 0 Å². The minimum atomic E-state index is -5.50. The Morgan fingerprint density at radius 3 is 2.57 bits per heavy atom. The minimum absolute atomic E-state index is 0.0940. The van der Waals surface area contributed by atoms with Crippen molar-refractivity contribution in [3.8, 4) is 0 Å². The minimum Gasteiger partial charge on any atom is -0.479 e. The molecule has 2 aromatic heterocycles. The van der Waals surface area contributed by atoms with Crippen LogP contribution in [0.3, 0.4) is 0 Å². The van der Waals surface area contributed by atoms with Crippen LogP contribution < -0.4 is 5.32 Å². The van der Waals surface area contributed by atoms with Crippen LogP contribution in [0.4, 0.5) is 5.82 Å². The SMILES string of the molecule is O=C(O)C(CO)(OC[C@H]1O[C@@H](n2ncc3c(NC4CCCC4)nc(Cl)nc32)[C@H](O)[C@@H]1O)P(=O)(O)O. The number of hydrogen-bond acceptors (Lipinski definition) is 11. The van der Waals surface area contributed by atoms with E-state index in [9.17, 15) is 39.6 Å². The van der Waals surface area contributed by atoms with Crippen LogP contribution in [0.2, 0.25) is 5.28 Å². The largest absolute Gasteiger partial charge is 0.479 e. The topological polar surface area (TPSA) is 230 Å². The lowest BCUT2D eigenvalue weighted by molar-refractivity contribution is -0.167. The highest BCUT2D eigenvalue weighted by Crippen LogP contribution is 2.51. The number of halogens is 1. The molecule has 2 aliphatic rings. The Labute approximate surface area is 202 Å². The van der Waals surface area contributed by atoms with Gasteiger partial charge in [-0.1, -0.05) is 12.8 Å². The number of ether oxygens (including phenoxy) is 2.